The Bertz CT molecular complexity index is 1410. The lowest BCUT2D eigenvalue weighted by Crippen LogP contribution is -2.51. The summed E-state index contributed by atoms with van der Waals surface area (Å²) in [5.41, 5.74) is -1.14. The van der Waals surface area contributed by atoms with Crippen molar-refractivity contribution in [3.8, 4) is 0 Å². The Kier molecular flexibility index (Phi) is 4.96. The lowest BCUT2D eigenvalue weighted by Gasteiger charge is -2.27. The van der Waals surface area contributed by atoms with Gasteiger partial charge in [0, 0.05) is 26.2 Å². The van der Waals surface area contributed by atoms with Crippen LogP contribution in [-0.2, 0) is 14.3 Å². The Morgan fingerprint density at radius 2 is 1.29 bits per heavy atom. The number of imide groups is 1. The van der Waals surface area contributed by atoms with E-state index in [0.29, 0.717) is 10.6 Å². The second-order valence-corrected chi connectivity index (χ2v) is 9.98. The molecule has 174 valence electrons. The third-order valence-electron chi connectivity index (χ3n) is 6.82. The fourth-order valence-electron chi connectivity index (χ4n) is 5.39. The molecule has 35 heavy (non-hydrogen) atoms. The van der Waals surface area contributed by atoms with Gasteiger partial charge in [0.2, 0.25) is 29.0 Å². The van der Waals surface area contributed by atoms with Gasteiger partial charge in [-0.2, -0.15) is 0 Å². The largest absolute Gasteiger partial charge is 0.349 e. The summed E-state index contributed by atoms with van der Waals surface area (Å²) in [7, 11) is 0. The number of amides is 2. The SMILES string of the molecule is O=C1[C@@H]2[C@H](c3ccc(Cl)cc3)OC3(C(=O)c4ccccc4C3=O)[C@H]2C(=O)N1c1cc(Cl)cc(Cl)c1. The number of anilines is 1. The number of rotatable bonds is 2. The zero-order valence-corrected chi connectivity index (χ0v) is 20.0. The Morgan fingerprint density at radius 1 is 0.714 bits per heavy atom. The highest BCUT2D eigenvalue weighted by Crippen LogP contribution is 2.57. The van der Waals surface area contributed by atoms with Crippen LogP contribution >= 0.6 is 34.8 Å². The summed E-state index contributed by atoms with van der Waals surface area (Å²) in [5, 5.41) is 0.916. The van der Waals surface area contributed by atoms with E-state index in [2.05, 4.69) is 0 Å². The normalized spacial score (nSPS) is 24.4. The molecule has 2 saturated heterocycles. The molecule has 2 heterocycles. The van der Waals surface area contributed by atoms with Crippen molar-refractivity contribution in [3.05, 3.63) is 98.5 Å². The third kappa shape index (κ3) is 3.01. The number of hydrogen-bond donors (Lipinski definition) is 0. The van der Waals surface area contributed by atoms with Crippen LogP contribution in [0.4, 0.5) is 5.69 Å². The van der Waals surface area contributed by atoms with Gasteiger partial charge in [0.05, 0.1) is 23.6 Å². The number of nitrogens with zero attached hydrogens (tertiary/aromatic N) is 1. The molecule has 0 radical (unpaired) electrons. The van der Waals surface area contributed by atoms with Crippen molar-refractivity contribution in [2.75, 3.05) is 4.90 Å². The monoisotopic (exact) mass is 525 g/mol. The fourth-order valence-corrected chi connectivity index (χ4v) is 6.03. The second-order valence-electron chi connectivity index (χ2n) is 8.67. The van der Waals surface area contributed by atoms with Crippen molar-refractivity contribution in [3.63, 3.8) is 0 Å². The van der Waals surface area contributed by atoms with E-state index in [1.54, 1.807) is 36.4 Å². The molecule has 6 nitrogen and oxygen atoms in total. The molecular weight excluding hydrogens is 513 g/mol. The predicted octanol–water partition coefficient (Wildman–Crippen LogP) is 5.34. The Balaban J connectivity index is 1.55. The standard InChI is InChI=1S/C26H14Cl3NO5/c27-13-7-5-12(6-8-13)21-19-20(25(34)30(24(19)33)16-10-14(28)9-15(29)11-16)26(35-21)22(31)17-3-1-2-4-18(17)23(26)32/h1-11,19-21H/t19-,20+,21-/m0/s1. The maximum atomic E-state index is 13.9. The van der Waals surface area contributed by atoms with Crippen molar-refractivity contribution in [2.24, 2.45) is 11.8 Å². The molecular formula is C26H14Cl3NO5. The van der Waals surface area contributed by atoms with Crippen LogP contribution in [0.5, 0.6) is 0 Å². The molecule has 9 heteroatoms. The van der Waals surface area contributed by atoms with Crippen LogP contribution in [0.25, 0.3) is 0 Å². The van der Waals surface area contributed by atoms with Crippen molar-refractivity contribution in [1.29, 1.82) is 0 Å². The van der Waals surface area contributed by atoms with Crippen LogP contribution in [0.15, 0.2) is 66.7 Å². The van der Waals surface area contributed by atoms with Crippen LogP contribution in [0, 0.1) is 11.8 Å². The van der Waals surface area contributed by atoms with E-state index in [-0.39, 0.29) is 26.9 Å². The van der Waals surface area contributed by atoms with Gasteiger partial charge in [-0.25, -0.2) is 4.90 Å². The number of fused-ring (bicyclic) bond motifs is 3. The highest BCUT2D eigenvalue weighted by atomic mass is 35.5. The molecule has 0 bridgehead atoms. The fraction of sp³-hybridized carbons (Fsp3) is 0.154. The number of carbonyl (C=O) groups is 4. The van der Waals surface area contributed by atoms with Crippen molar-refractivity contribution < 1.29 is 23.9 Å². The minimum Gasteiger partial charge on any atom is -0.349 e. The number of Topliss-reactive ketones (excluding diaryl/α,β-unsaturated/α-hetero) is 2. The van der Waals surface area contributed by atoms with Crippen molar-refractivity contribution in [1.82, 2.24) is 0 Å². The summed E-state index contributed by atoms with van der Waals surface area (Å²) in [6.45, 7) is 0. The zero-order chi connectivity index (χ0) is 24.6. The maximum absolute atomic E-state index is 13.9. The molecule has 3 aromatic rings. The van der Waals surface area contributed by atoms with Gasteiger partial charge in [0.25, 0.3) is 0 Å². The minimum absolute atomic E-state index is 0.160. The lowest BCUT2D eigenvalue weighted by molar-refractivity contribution is -0.127. The smallest absolute Gasteiger partial charge is 0.241 e. The van der Waals surface area contributed by atoms with E-state index >= 15 is 0 Å². The molecule has 2 aliphatic heterocycles. The summed E-state index contributed by atoms with van der Waals surface area (Å²) in [6, 6.07) is 17.2. The van der Waals surface area contributed by atoms with E-state index in [0.717, 1.165) is 4.90 Å². The molecule has 0 unspecified atom stereocenters. The molecule has 0 saturated carbocycles. The van der Waals surface area contributed by atoms with E-state index in [1.165, 1.54) is 30.3 Å². The van der Waals surface area contributed by atoms with Crippen molar-refractivity contribution in [2.45, 2.75) is 11.7 Å². The second kappa shape index (κ2) is 7.73. The average molecular weight is 527 g/mol. The van der Waals surface area contributed by atoms with Crippen molar-refractivity contribution >= 4 is 63.9 Å². The molecule has 6 rings (SSSR count). The number of ketones is 2. The van der Waals surface area contributed by atoms with Gasteiger partial charge in [-0.15, -0.1) is 0 Å². The number of ether oxygens (including phenoxy) is 1. The summed E-state index contributed by atoms with van der Waals surface area (Å²) >= 11 is 18.3. The minimum atomic E-state index is -2.15. The van der Waals surface area contributed by atoms with E-state index in [4.69, 9.17) is 39.5 Å². The van der Waals surface area contributed by atoms with Gasteiger partial charge >= 0.3 is 0 Å². The van der Waals surface area contributed by atoms with Gasteiger partial charge in [-0.3, -0.25) is 19.2 Å². The Hall–Kier alpha value is -3.03. The van der Waals surface area contributed by atoms with Crippen LogP contribution in [-0.4, -0.2) is 29.0 Å². The van der Waals surface area contributed by atoms with Crippen LogP contribution in [0.3, 0.4) is 0 Å². The van der Waals surface area contributed by atoms with E-state index in [1.807, 2.05) is 0 Å². The zero-order valence-electron chi connectivity index (χ0n) is 17.7. The van der Waals surface area contributed by atoms with Gasteiger partial charge in [-0.05, 0) is 35.9 Å². The first-order valence-corrected chi connectivity index (χ1v) is 11.8. The molecule has 2 fully saturated rings. The Labute approximate surface area is 214 Å². The molecule has 3 atom stereocenters. The number of halogens is 3. The van der Waals surface area contributed by atoms with Crippen LogP contribution < -0.4 is 4.90 Å². The lowest BCUT2D eigenvalue weighted by atomic mass is 9.77. The summed E-state index contributed by atoms with van der Waals surface area (Å²) < 4.78 is 6.22. The van der Waals surface area contributed by atoms with E-state index < -0.39 is 46.9 Å². The number of hydrogen-bond acceptors (Lipinski definition) is 5. The first-order valence-electron chi connectivity index (χ1n) is 10.7. The number of carbonyl (C=O) groups excluding carboxylic acids is 4. The van der Waals surface area contributed by atoms with E-state index in [9.17, 15) is 19.2 Å². The average Bonchev–Trinajstić information content (AvgIpc) is 3.39. The summed E-state index contributed by atoms with van der Waals surface area (Å²) in [6.07, 6.45) is -1.03. The van der Waals surface area contributed by atoms with Crippen LogP contribution in [0.1, 0.15) is 32.4 Å². The molecule has 0 aromatic heterocycles. The maximum Gasteiger partial charge on any atom is 0.241 e. The summed E-state index contributed by atoms with van der Waals surface area (Å²) in [5.74, 6) is -5.06. The third-order valence-corrected chi connectivity index (χ3v) is 7.51. The van der Waals surface area contributed by atoms with Gasteiger partial charge < -0.3 is 4.74 Å². The topological polar surface area (TPSA) is 80.8 Å². The predicted molar refractivity (Wildman–Crippen MR) is 129 cm³/mol. The first-order chi connectivity index (χ1) is 16.7. The van der Waals surface area contributed by atoms with Gasteiger partial charge in [0.15, 0.2) is 0 Å². The molecule has 3 aromatic carbocycles. The molecule has 2 amide bonds. The molecule has 0 N–H and O–H groups in total. The van der Waals surface area contributed by atoms with Gasteiger partial charge in [-0.1, -0.05) is 71.2 Å². The molecule has 3 aliphatic rings. The first kappa shape index (κ1) is 22.4. The van der Waals surface area contributed by atoms with Crippen LogP contribution in [0.2, 0.25) is 15.1 Å². The number of benzene rings is 3. The van der Waals surface area contributed by atoms with Gasteiger partial charge in [0.1, 0.15) is 0 Å². The Morgan fingerprint density at radius 3 is 1.86 bits per heavy atom. The highest BCUT2D eigenvalue weighted by Gasteiger charge is 2.74. The molecule has 1 aliphatic carbocycles. The highest BCUT2D eigenvalue weighted by molar-refractivity contribution is 6.38. The quantitative estimate of drug-likeness (QED) is 0.333. The molecule has 1 spiro atoms. The summed E-state index contributed by atoms with van der Waals surface area (Å²) in [4.78, 5) is 56.0.